The van der Waals surface area contributed by atoms with Crippen molar-refractivity contribution >= 4 is 11.6 Å². The minimum atomic E-state index is -0.298. The van der Waals surface area contributed by atoms with E-state index >= 15 is 0 Å². The summed E-state index contributed by atoms with van der Waals surface area (Å²) in [5.74, 6) is 0.307. The van der Waals surface area contributed by atoms with Crippen LogP contribution in [0.15, 0.2) is 23.0 Å². The van der Waals surface area contributed by atoms with Crippen LogP contribution >= 0.6 is 0 Å². The van der Waals surface area contributed by atoms with Crippen LogP contribution in [0.5, 0.6) is 0 Å². The van der Waals surface area contributed by atoms with Gasteiger partial charge in [-0.2, -0.15) is 5.10 Å². The standard InChI is InChI=1S/C13H16N4O3/c1-9-6-12(16-20-9)13(18)15-10-7-14-17(8-10)11-2-4-19-5-3-11/h6-8,11H,2-5H2,1H3,(H,15,18). The number of carbonyl (C=O) groups excluding carboxylic acids is 1. The van der Waals surface area contributed by atoms with E-state index in [0.717, 1.165) is 26.1 Å². The number of carbonyl (C=O) groups is 1. The minimum absolute atomic E-state index is 0.265. The second-order valence-electron chi connectivity index (χ2n) is 4.83. The maximum Gasteiger partial charge on any atom is 0.277 e. The summed E-state index contributed by atoms with van der Waals surface area (Å²) in [6.45, 7) is 3.25. The Bertz CT molecular complexity index is 598. The van der Waals surface area contributed by atoms with Gasteiger partial charge in [0, 0.05) is 25.5 Å². The zero-order valence-corrected chi connectivity index (χ0v) is 11.2. The summed E-state index contributed by atoms with van der Waals surface area (Å²) in [4.78, 5) is 11.9. The smallest absolute Gasteiger partial charge is 0.277 e. The third-order valence-corrected chi connectivity index (χ3v) is 3.28. The molecule has 7 heteroatoms. The fourth-order valence-electron chi connectivity index (χ4n) is 2.22. The molecule has 0 radical (unpaired) electrons. The molecule has 2 aromatic heterocycles. The molecule has 0 atom stereocenters. The molecule has 20 heavy (non-hydrogen) atoms. The van der Waals surface area contributed by atoms with Crippen molar-refractivity contribution in [3.05, 3.63) is 29.9 Å². The number of aromatic nitrogens is 3. The number of amides is 1. The van der Waals surface area contributed by atoms with Gasteiger partial charge in [0.1, 0.15) is 5.76 Å². The first kappa shape index (κ1) is 12.9. The Kier molecular flexibility index (Phi) is 3.51. The molecular weight excluding hydrogens is 260 g/mol. The van der Waals surface area contributed by atoms with E-state index in [9.17, 15) is 4.79 Å². The van der Waals surface area contributed by atoms with Gasteiger partial charge >= 0.3 is 0 Å². The van der Waals surface area contributed by atoms with Gasteiger partial charge in [0.05, 0.1) is 17.9 Å². The molecule has 0 unspecified atom stereocenters. The van der Waals surface area contributed by atoms with Crippen LogP contribution in [0.2, 0.25) is 0 Å². The summed E-state index contributed by atoms with van der Waals surface area (Å²) in [6, 6.07) is 1.93. The summed E-state index contributed by atoms with van der Waals surface area (Å²) in [5, 5.41) is 10.7. The normalized spacial score (nSPS) is 16.2. The van der Waals surface area contributed by atoms with Crippen LogP contribution in [-0.4, -0.2) is 34.1 Å². The molecule has 1 aliphatic rings. The predicted octanol–water partition coefficient (Wildman–Crippen LogP) is 1.78. The van der Waals surface area contributed by atoms with Crippen molar-refractivity contribution in [2.75, 3.05) is 18.5 Å². The second-order valence-corrected chi connectivity index (χ2v) is 4.83. The molecule has 2 aromatic rings. The fourth-order valence-corrected chi connectivity index (χ4v) is 2.22. The minimum Gasteiger partial charge on any atom is -0.381 e. The van der Waals surface area contributed by atoms with E-state index in [1.807, 2.05) is 10.9 Å². The van der Waals surface area contributed by atoms with E-state index in [-0.39, 0.29) is 11.6 Å². The number of aryl methyl sites for hydroxylation is 1. The number of anilines is 1. The van der Waals surface area contributed by atoms with E-state index in [0.29, 0.717) is 17.5 Å². The van der Waals surface area contributed by atoms with Crippen molar-refractivity contribution in [3.8, 4) is 0 Å². The van der Waals surface area contributed by atoms with Crippen molar-refractivity contribution in [2.45, 2.75) is 25.8 Å². The van der Waals surface area contributed by atoms with Crippen molar-refractivity contribution in [1.29, 1.82) is 0 Å². The first-order chi connectivity index (χ1) is 9.72. The molecule has 7 nitrogen and oxygen atoms in total. The van der Waals surface area contributed by atoms with Crippen molar-refractivity contribution in [3.63, 3.8) is 0 Å². The molecule has 1 amide bonds. The number of rotatable bonds is 3. The van der Waals surface area contributed by atoms with Gasteiger partial charge in [-0.3, -0.25) is 9.48 Å². The average molecular weight is 276 g/mol. The van der Waals surface area contributed by atoms with E-state index in [1.165, 1.54) is 0 Å². The van der Waals surface area contributed by atoms with Gasteiger partial charge in [-0.1, -0.05) is 5.16 Å². The highest BCUT2D eigenvalue weighted by molar-refractivity contribution is 6.02. The highest BCUT2D eigenvalue weighted by atomic mass is 16.5. The third kappa shape index (κ3) is 2.72. The van der Waals surface area contributed by atoms with Gasteiger partial charge in [-0.25, -0.2) is 0 Å². The Balaban J connectivity index is 1.66. The SMILES string of the molecule is Cc1cc(C(=O)Nc2cnn(C3CCOCC3)c2)no1. The second kappa shape index (κ2) is 5.46. The number of hydrogen-bond donors (Lipinski definition) is 1. The first-order valence-corrected chi connectivity index (χ1v) is 6.59. The first-order valence-electron chi connectivity index (χ1n) is 6.59. The fraction of sp³-hybridized carbons (Fsp3) is 0.462. The highest BCUT2D eigenvalue weighted by Crippen LogP contribution is 2.21. The van der Waals surface area contributed by atoms with Gasteiger partial charge in [0.2, 0.25) is 0 Å². The Hall–Kier alpha value is -2.15. The largest absolute Gasteiger partial charge is 0.381 e. The van der Waals surface area contributed by atoms with Crippen LogP contribution in [0.3, 0.4) is 0 Å². The monoisotopic (exact) mass is 276 g/mol. The number of nitrogens with one attached hydrogen (secondary N) is 1. The molecule has 1 fully saturated rings. The van der Waals surface area contributed by atoms with Crippen LogP contribution in [0.4, 0.5) is 5.69 Å². The number of ether oxygens (including phenoxy) is 1. The maximum atomic E-state index is 11.9. The molecule has 106 valence electrons. The molecule has 3 heterocycles. The lowest BCUT2D eigenvalue weighted by Gasteiger charge is -2.22. The average Bonchev–Trinajstić information content (AvgIpc) is 3.09. The lowest BCUT2D eigenvalue weighted by Crippen LogP contribution is -2.19. The summed E-state index contributed by atoms with van der Waals surface area (Å²) in [5.41, 5.74) is 0.920. The van der Waals surface area contributed by atoms with Gasteiger partial charge in [-0.15, -0.1) is 0 Å². The van der Waals surface area contributed by atoms with E-state index in [1.54, 1.807) is 19.2 Å². The topological polar surface area (TPSA) is 82.2 Å². The lowest BCUT2D eigenvalue weighted by molar-refractivity contribution is 0.0662. The lowest BCUT2D eigenvalue weighted by atomic mass is 10.1. The molecule has 1 N–H and O–H groups in total. The molecule has 3 rings (SSSR count). The van der Waals surface area contributed by atoms with Gasteiger partial charge in [-0.05, 0) is 19.8 Å². The Morgan fingerprint density at radius 3 is 2.95 bits per heavy atom. The predicted molar refractivity (Wildman–Crippen MR) is 70.5 cm³/mol. The van der Waals surface area contributed by atoms with Gasteiger partial charge in [0.25, 0.3) is 5.91 Å². The van der Waals surface area contributed by atoms with Crippen LogP contribution in [0.1, 0.15) is 35.1 Å². The summed E-state index contributed by atoms with van der Waals surface area (Å²) in [7, 11) is 0. The molecule has 0 aromatic carbocycles. The van der Waals surface area contributed by atoms with Crippen LogP contribution in [-0.2, 0) is 4.74 Å². The molecule has 0 aliphatic carbocycles. The summed E-state index contributed by atoms with van der Waals surface area (Å²) < 4.78 is 12.1. The number of nitrogens with zero attached hydrogens (tertiary/aromatic N) is 3. The molecule has 0 bridgehead atoms. The van der Waals surface area contributed by atoms with E-state index < -0.39 is 0 Å². The zero-order chi connectivity index (χ0) is 13.9. The zero-order valence-electron chi connectivity index (χ0n) is 11.2. The Morgan fingerprint density at radius 1 is 1.45 bits per heavy atom. The highest BCUT2D eigenvalue weighted by Gasteiger charge is 2.17. The van der Waals surface area contributed by atoms with E-state index in [4.69, 9.17) is 9.26 Å². The van der Waals surface area contributed by atoms with Crippen LogP contribution < -0.4 is 5.32 Å². The number of hydrogen-bond acceptors (Lipinski definition) is 5. The van der Waals surface area contributed by atoms with Crippen LogP contribution in [0.25, 0.3) is 0 Å². The quantitative estimate of drug-likeness (QED) is 0.924. The molecular formula is C13H16N4O3. The molecule has 0 spiro atoms. The van der Waals surface area contributed by atoms with Crippen molar-refractivity contribution in [1.82, 2.24) is 14.9 Å². The maximum absolute atomic E-state index is 11.9. The summed E-state index contributed by atoms with van der Waals surface area (Å²) >= 11 is 0. The van der Waals surface area contributed by atoms with Crippen molar-refractivity contribution < 1.29 is 14.1 Å². The van der Waals surface area contributed by atoms with Gasteiger partial charge < -0.3 is 14.6 Å². The Morgan fingerprint density at radius 2 is 2.25 bits per heavy atom. The molecule has 1 saturated heterocycles. The third-order valence-electron chi connectivity index (χ3n) is 3.28. The van der Waals surface area contributed by atoms with Crippen molar-refractivity contribution in [2.24, 2.45) is 0 Å². The van der Waals surface area contributed by atoms with Crippen LogP contribution in [0, 0.1) is 6.92 Å². The molecule has 1 aliphatic heterocycles. The molecule has 0 saturated carbocycles. The van der Waals surface area contributed by atoms with E-state index in [2.05, 4.69) is 15.6 Å². The summed E-state index contributed by atoms with van der Waals surface area (Å²) in [6.07, 6.45) is 5.36. The van der Waals surface area contributed by atoms with Gasteiger partial charge in [0.15, 0.2) is 5.69 Å². The Labute approximate surface area is 115 Å².